The molecule has 1 atom stereocenters. The number of hydrogen-bond donors (Lipinski definition) is 2. The second-order valence-corrected chi connectivity index (χ2v) is 6.52. The first-order chi connectivity index (χ1) is 9.38. The van der Waals surface area contributed by atoms with E-state index in [4.69, 9.17) is 0 Å². The van der Waals surface area contributed by atoms with Crippen LogP contribution in [0.5, 0.6) is 0 Å². The Morgan fingerprint density at radius 1 is 1.15 bits per heavy atom. The molecular formula is C15H22N2O2S. The SMILES string of the molecule is CC(=O)Nc1ccc(SC(C)C(=O)NCC(C)C)cc1. The summed E-state index contributed by atoms with van der Waals surface area (Å²) in [5.74, 6) is 0.412. The van der Waals surface area contributed by atoms with Crippen LogP contribution in [0.3, 0.4) is 0 Å². The Bertz CT molecular complexity index is 457. The highest BCUT2D eigenvalue weighted by Crippen LogP contribution is 2.24. The van der Waals surface area contributed by atoms with Gasteiger partial charge in [0.05, 0.1) is 5.25 Å². The predicted octanol–water partition coefficient (Wildman–Crippen LogP) is 2.90. The maximum absolute atomic E-state index is 11.9. The summed E-state index contributed by atoms with van der Waals surface area (Å²) in [4.78, 5) is 23.8. The number of anilines is 1. The molecule has 0 radical (unpaired) electrons. The number of thioether (sulfide) groups is 1. The van der Waals surface area contributed by atoms with Crippen molar-refractivity contribution in [3.05, 3.63) is 24.3 Å². The van der Waals surface area contributed by atoms with Crippen LogP contribution >= 0.6 is 11.8 Å². The van der Waals surface area contributed by atoms with E-state index < -0.39 is 0 Å². The van der Waals surface area contributed by atoms with Crippen LogP contribution in [0.15, 0.2) is 29.2 Å². The second-order valence-electron chi connectivity index (χ2n) is 5.10. The lowest BCUT2D eigenvalue weighted by Crippen LogP contribution is -2.33. The molecular weight excluding hydrogens is 272 g/mol. The molecule has 0 aliphatic rings. The third-order valence-electron chi connectivity index (χ3n) is 2.54. The van der Waals surface area contributed by atoms with E-state index in [9.17, 15) is 9.59 Å². The van der Waals surface area contributed by atoms with Crippen molar-refractivity contribution in [2.24, 2.45) is 5.92 Å². The van der Waals surface area contributed by atoms with Gasteiger partial charge in [0.25, 0.3) is 0 Å². The molecule has 0 saturated carbocycles. The predicted molar refractivity (Wildman–Crippen MR) is 83.9 cm³/mol. The average molecular weight is 294 g/mol. The Kier molecular flexibility index (Phi) is 6.58. The Balaban J connectivity index is 2.51. The highest BCUT2D eigenvalue weighted by molar-refractivity contribution is 8.00. The molecule has 0 aliphatic carbocycles. The molecule has 1 aromatic carbocycles. The fourth-order valence-corrected chi connectivity index (χ4v) is 2.42. The minimum atomic E-state index is -0.139. The molecule has 2 amide bonds. The molecule has 0 aromatic heterocycles. The molecule has 0 heterocycles. The van der Waals surface area contributed by atoms with Gasteiger partial charge in [0.15, 0.2) is 0 Å². The van der Waals surface area contributed by atoms with Crippen LogP contribution in [0.2, 0.25) is 0 Å². The van der Waals surface area contributed by atoms with Gasteiger partial charge in [-0.2, -0.15) is 0 Å². The van der Waals surface area contributed by atoms with E-state index in [0.717, 1.165) is 10.6 Å². The number of hydrogen-bond acceptors (Lipinski definition) is 3. The van der Waals surface area contributed by atoms with E-state index in [0.29, 0.717) is 12.5 Å². The Labute approximate surface area is 124 Å². The first-order valence-electron chi connectivity index (χ1n) is 6.70. The molecule has 1 aromatic rings. The molecule has 0 aliphatic heterocycles. The number of nitrogens with one attached hydrogen (secondary N) is 2. The molecule has 5 heteroatoms. The minimum absolute atomic E-state index is 0.0506. The number of carbonyl (C=O) groups is 2. The summed E-state index contributed by atoms with van der Waals surface area (Å²) >= 11 is 1.51. The van der Waals surface area contributed by atoms with Crippen LogP contribution in [0.25, 0.3) is 0 Å². The van der Waals surface area contributed by atoms with Gasteiger partial charge in [-0.05, 0) is 37.1 Å². The number of rotatable bonds is 6. The van der Waals surface area contributed by atoms with Gasteiger partial charge in [-0.25, -0.2) is 0 Å². The van der Waals surface area contributed by atoms with Crippen molar-refractivity contribution >= 4 is 29.3 Å². The van der Waals surface area contributed by atoms with Gasteiger partial charge in [-0.1, -0.05) is 13.8 Å². The van der Waals surface area contributed by atoms with Crippen molar-refractivity contribution in [1.29, 1.82) is 0 Å². The van der Waals surface area contributed by atoms with Crippen LogP contribution < -0.4 is 10.6 Å². The van der Waals surface area contributed by atoms with Gasteiger partial charge in [0.1, 0.15) is 0 Å². The first-order valence-corrected chi connectivity index (χ1v) is 7.58. The van der Waals surface area contributed by atoms with Crippen molar-refractivity contribution < 1.29 is 9.59 Å². The summed E-state index contributed by atoms with van der Waals surface area (Å²) in [6, 6.07) is 7.48. The zero-order valence-corrected chi connectivity index (χ0v) is 13.2. The third kappa shape index (κ3) is 6.10. The lowest BCUT2D eigenvalue weighted by atomic mass is 10.2. The van der Waals surface area contributed by atoms with Crippen LogP contribution in [0, 0.1) is 5.92 Å². The van der Waals surface area contributed by atoms with Crippen molar-refractivity contribution in [2.75, 3.05) is 11.9 Å². The lowest BCUT2D eigenvalue weighted by molar-refractivity contribution is -0.120. The van der Waals surface area contributed by atoms with E-state index in [1.54, 1.807) is 0 Å². The quantitative estimate of drug-likeness (QED) is 0.793. The number of benzene rings is 1. The molecule has 1 rings (SSSR count). The van der Waals surface area contributed by atoms with Crippen LogP contribution in [-0.2, 0) is 9.59 Å². The molecule has 0 saturated heterocycles. The molecule has 20 heavy (non-hydrogen) atoms. The number of amides is 2. The van der Waals surface area contributed by atoms with Gasteiger partial charge in [0.2, 0.25) is 11.8 Å². The molecule has 1 unspecified atom stereocenters. The Hall–Kier alpha value is -1.49. The molecule has 2 N–H and O–H groups in total. The van der Waals surface area contributed by atoms with E-state index in [1.165, 1.54) is 18.7 Å². The second kappa shape index (κ2) is 7.94. The number of carbonyl (C=O) groups excluding carboxylic acids is 2. The third-order valence-corrected chi connectivity index (χ3v) is 3.65. The summed E-state index contributed by atoms with van der Waals surface area (Å²) in [7, 11) is 0. The smallest absolute Gasteiger partial charge is 0.233 e. The maximum Gasteiger partial charge on any atom is 0.233 e. The monoisotopic (exact) mass is 294 g/mol. The van der Waals surface area contributed by atoms with Crippen molar-refractivity contribution in [2.45, 2.75) is 37.8 Å². The van der Waals surface area contributed by atoms with Crippen molar-refractivity contribution in [3.8, 4) is 0 Å². The molecule has 0 fully saturated rings. The van der Waals surface area contributed by atoms with E-state index in [1.807, 2.05) is 31.2 Å². The fraction of sp³-hybridized carbons (Fsp3) is 0.467. The van der Waals surface area contributed by atoms with E-state index in [2.05, 4.69) is 24.5 Å². The van der Waals surface area contributed by atoms with Crippen LogP contribution in [0.4, 0.5) is 5.69 Å². The summed E-state index contributed by atoms with van der Waals surface area (Å²) in [5.41, 5.74) is 0.763. The lowest BCUT2D eigenvalue weighted by Gasteiger charge is -2.13. The van der Waals surface area contributed by atoms with Crippen molar-refractivity contribution in [3.63, 3.8) is 0 Å². The average Bonchev–Trinajstić information content (AvgIpc) is 2.37. The summed E-state index contributed by atoms with van der Waals surface area (Å²) in [5, 5.41) is 5.50. The molecule has 4 nitrogen and oxygen atoms in total. The van der Waals surface area contributed by atoms with Gasteiger partial charge >= 0.3 is 0 Å². The van der Waals surface area contributed by atoms with Crippen molar-refractivity contribution in [1.82, 2.24) is 5.32 Å². The summed E-state index contributed by atoms with van der Waals surface area (Å²) in [6.45, 7) is 8.20. The molecule has 0 spiro atoms. The fourth-order valence-electron chi connectivity index (χ4n) is 1.53. The van der Waals surface area contributed by atoms with Crippen LogP contribution in [0.1, 0.15) is 27.7 Å². The summed E-state index contributed by atoms with van der Waals surface area (Å²) < 4.78 is 0. The molecule has 110 valence electrons. The molecule has 0 bridgehead atoms. The van der Waals surface area contributed by atoms with E-state index in [-0.39, 0.29) is 17.1 Å². The highest BCUT2D eigenvalue weighted by atomic mass is 32.2. The first kappa shape index (κ1) is 16.6. The summed E-state index contributed by atoms with van der Waals surface area (Å²) in [6.07, 6.45) is 0. The topological polar surface area (TPSA) is 58.2 Å². The van der Waals surface area contributed by atoms with Crippen LogP contribution in [-0.4, -0.2) is 23.6 Å². The van der Waals surface area contributed by atoms with Gasteiger partial charge in [-0.15, -0.1) is 11.8 Å². The normalized spacial score (nSPS) is 12.1. The van der Waals surface area contributed by atoms with Gasteiger partial charge < -0.3 is 10.6 Å². The Morgan fingerprint density at radius 3 is 2.25 bits per heavy atom. The minimum Gasteiger partial charge on any atom is -0.355 e. The highest BCUT2D eigenvalue weighted by Gasteiger charge is 2.14. The maximum atomic E-state index is 11.9. The zero-order chi connectivity index (χ0) is 15.1. The van der Waals surface area contributed by atoms with Gasteiger partial charge in [0, 0.05) is 24.1 Å². The van der Waals surface area contributed by atoms with Gasteiger partial charge in [-0.3, -0.25) is 9.59 Å². The van der Waals surface area contributed by atoms with E-state index >= 15 is 0 Å². The zero-order valence-electron chi connectivity index (χ0n) is 12.4. The standard InChI is InChI=1S/C15H22N2O2S/c1-10(2)9-16-15(19)11(3)20-14-7-5-13(6-8-14)17-12(4)18/h5-8,10-11H,9H2,1-4H3,(H,16,19)(H,17,18). The largest absolute Gasteiger partial charge is 0.355 e. The Morgan fingerprint density at radius 2 is 1.75 bits per heavy atom.